The van der Waals surface area contributed by atoms with Gasteiger partial charge in [0.2, 0.25) is 0 Å². The van der Waals surface area contributed by atoms with Crippen molar-refractivity contribution >= 4 is 11.5 Å². The van der Waals surface area contributed by atoms with Gasteiger partial charge in [-0.15, -0.1) is 0 Å². The fraction of sp³-hybridized carbons (Fsp3) is 0.500. The highest BCUT2D eigenvalue weighted by molar-refractivity contribution is 5.82. The lowest BCUT2D eigenvalue weighted by Crippen LogP contribution is -2.38. The largest absolute Gasteiger partial charge is 0.483 e. The average molecular weight is 289 g/mol. The molecule has 0 unspecified atom stereocenters. The molecule has 0 radical (unpaired) electrons. The molecule has 5 nitrogen and oxygen atoms in total. The van der Waals surface area contributed by atoms with Crippen molar-refractivity contribution in [2.75, 3.05) is 13.2 Å². The van der Waals surface area contributed by atoms with Crippen molar-refractivity contribution in [2.45, 2.75) is 32.5 Å². The molecule has 0 spiro atoms. The number of carbonyl (C=O) groups is 1. The van der Waals surface area contributed by atoms with Crippen molar-refractivity contribution in [3.8, 4) is 5.75 Å². The highest BCUT2D eigenvalue weighted by Crippen LogP contribution is 2.43. The maximum Gasteiger partial charge on any atom is 0.312 e. The summed E-state index contributed by atoms with van der Waals surface area (Å²) in [5, 5.41) is 0. The average Bonchev–Trinajstić information content (AvgIpc) is 2.85. The fourth-order valence-corrected chi connectivity index (χ4v) is 2.97. The molecule has 2 heterocycles. The van der Waals surface area contributed by atoms with E-state index in [-0.39, 0.29) is 24.1 Å². The quantitative estimate of drug-likeness (QED) is 0.795. The number of fused-ring (bicyclic) bond motifs is 3. The van der Waals surface area contributed by atoms with E-state index >= 15 is 0 Å². The molecule has 3 atom stereocenters. The van der Waals surface area contributed by atoms with Crippen LogP contribution in [0.15, 0.2) is 24.5 Å². The third-order valence-corrected chi connectivity index (χ3v) is 3.87. The maximum atomic E-state index is 12.1. The van der Waals surface area contributed by atoms with Crippen LogP contribution in [0.5, 0.6) is 5.75 Å². The first-order valence-corrected chi connectivity index (χ1v) is 7.35. The molecule has 0 aromatic carbocycles. The summed E-state index contributed by atoms with van der Waals surface area (Å²) >= 11 is 0. The van der Waals surface area contributed by atoms with Crippen LogP contribution >= 0.6 is 0 Å². The molecule has 0 amide bonds. The van der Waals surface area contributed by atoms with Crippen molar-refractivity contribution in [2.24, 2.45) is 5.92 Å². The predicted octanol–water partition coefficient (Wildman–Crippen LogP) is 2.21. The number of hydrogen-bond donors (Lipinski definition) is 0. The molecule has 1 aliphatic heterocycles. The third kappa shape index (κ3) is 2.53. The van der Waals surface area contributed by atoms with Gasteiger partial charge in [0.15, 0.2) is 0 Å². The molecule has 0 bridgehead atoms. The zero-order chi connectivity index (χ0) is 14.8. The molecule has 1 aliphatic carbocycles. The lowest BCUT2D eigenvalue weighted by Gasteiger charge is -2.30. The van der Waals surface area contributed by atoms with E-state index in [2.05, 4.69) is 4.98 Å². The Kier molecular flexibility index (Phi) is 3.92. The van der Waals surface area contributed by atoms with E-state index in [0.717, 1.165) is 16.9 Å². The van der Waals surface area contributed by atoms with E-state index in [1.54, 1.807) is 12.4 Å². The highest BCUT2D eigenvalue weighted by atomic mass is 16.5. The van der Waals surface area contributed by atoms with Crippen LogP contribution in [0.25, 0.3) is 5.57 Å². The molecule has 1 aromatic heterocycles. The fourth-order valence-electron chi connectivity index (χ4n) is 2.97. The minimum Gasteiger partial charge on any atom is -0.483 e. The number of pyridine rings is 1. The first-order chi connectivity index (χ1) is 10.2. The van der Waals surface area contributed by atoms with Crippen LogP contribution in [0.3, 0.4) is 0 Å². The number of esters is 1. The second-order valence-corrected chi connectivity index (χ2v) is 5.11. The zero-order valence-electron chi connectivity index (χ0n) is 12.2. The predicted molar refractivity (Wildman–Crippen MR) is 76.8 cm³/mol. The SMILES string of the molecule is CCOC(=O)[C@H]1C[C@H]2Oc3cnccc3C2=C[C@H]1OCC. The lowest BCUT2D eigenvalue weighted by atomic mass is 9.83. The Bertz CT molecular complexity index is 569. The Morgan fingerprint density at radius 3 is 3.05 bits per heavy atom. The minimum absolute atomic E-state index is 0.115. The standard InChI is InChI=1S/C16H19NO4/c1-3-19-13-7-11-10-5-6-17-9-15(10)21-14(11)8-12(13)16(18)20-4-2/h5-7,9,12-14H,3-4,8H2,1-2H3/t12-,13+,14+/m0/s1. The van der Waals surface area contributed by atoms with Crippen molar-refractivity contribution in [1.29, 1.82) is 0 Å². The summed E-state index contributed by atoms with van der Waals surface area (Å²) in [6.07, 6.45) is 5.66. The molecule has 21 heavy (non-hydrogen) atoms. The van der Waals surface area contributed by atoms with Crippen LogP contribution in [-0.2, 0) is 14.3 Å². The summed E-state index contributed by atoms with van der Waals surface area (Å²) < 4.78 is 16.8. The first-order valence-electron chi connectivity index (χ1n) is 7.35. The first kappa shape index (κ1) is 14.1. The summed E-state index contributed by atoms with van der Waals surface area (Å²) in [5.41, 5.74) is 2.13. The molecule has 0 fully saturated rings. The number of carbonyl (C=O) groups excluding carboxylic acids is 1. The summed E-state index contributed by atoms with van der Waals surface area (Å²) in [4.78, 5) is 16.2. The molecule has 5 heteroatoms. The Labute approximate surface area is 123 Å². The van der Waals surface area contributed by atoms with Crippen LogP contribution in [0.2, 0.25) is 0 Å². The molecule has 2 aliphatic rings. The second kappa shape index (κ2) is 5.85. The lowest BCUT2D eigenvalue weighted by molar-refractivity contribution is -0.153. The Balaban J connectivity index is 1.90. The molecule has 1 aromatic rings. The zero-order valence-corrected chi connectivity index (χ0v) is 12.2. The summed E-state index contributed by atoms with van der Waals surface area (Å²) in [6, 6.07) is 1.94. The molecule has 3 rings (SSSR count). The van der Waals surface area contributed by atoms with Gasteiger partial charge in [0.1, 0.15) is 11.9 Å². The Morgan fingerprint density at radius 1 is 1.43 bits per heavy atom. The van der Waals surface area contributed by atoms with Gasteiger partial charge < -0.3 is 14.2 Å². The molecular weight excluding hydrogens is 270 g/mol. The number of aromatic nitrogens is 1. The van der Waals surface area contributed by atoms with E-state index < -0.39 is 0 Å². The molecule has 0 N–H and O–H groups in total. The monoisotopic (exact) mass is 289 g/mol. The van der Waals surface area contributed by atoms with Gasteiger partial charge in [-0.05, 0) is 26.0 Å². The molecule has 112 valence electrons. The Hall–Kier alpha value is -1.88. The minimum atomic E-state index is -0.319. The van der Waals surface area contributed by atoms with Gasteiger partial charge >= 0.3 is 5.97 Å². The van der Waals surface area contributed by atoms with Crippen molar-refractivity contribution < 1.29 is 19.0 Å². The number of rotatable bonds is 4. The third-order valence-electron chi connectivity index (χ3n) is 3.87. The second-order valence-electron chi connectivity index (χ2n) is 5.11. The van der Waals surface area contributed by atoms with Crippen LogP contribution in [-0.4, -0.2) is 36.4 Å². The van der Waals surface area contributed by atoms with Crippen LogP contribution in [0.1, 0.15) is 25.8 Å². The van der Waals surface area contributed by atoms with Gasteiger partial charge in [0.25, 0.3) is 0 Å². The maximum absolute atomic E-state index is 12.1. The van der Waals surface area contributed by atoms with Gasteiger partial charge in [0, 0.05) is 30.4 Å². The number of hydrogen-bond acceptors (Lipinski definition) is 5. The van der Waals surface area contributed by atoms with Gasteiger partial charge in [0.05, 0.1) is 24.8 Å². The normalized spacial score (nSPS) is 26.4. The van der Waals surface area contributed by atoms with E-state index in [0.29, 0.717) is 19.6 Å². The van der Waals surface area contributed by atoms with E-state index in [4.69, 9.17) is 14.2 Å². The van der Waals surface area contributed by atoms with Crippen LogP contribution in [0, 0.1) is 5.92 Å². The van der Waals surface area contributed by atoms with Gasteiger partial charge in [-0.1, -0.05) is 0 Å². The van der Waals surface area contributed by atoms with Crippen molar-refractivity contribution in [3.63, 3.8) is 0 Å². The topological polar surface area (TPSA) is 57.7 Å². The van der Waals surface area contributed by atoms with Crippen molar-refractivity contribution in [1.82, 2.24) is 4.98 Å². The summed E-state index contributed by atoms with van der Waals surface area (Å²) in [7, 11) is 0. The van der Waals surface area contributed by atoms with Gasteiger partial charge in [-0.25, -0.2) is 0 Å². The smallest absolute Gasteiger partial charge is 0.312 e. The van der Waals surface area contributed by atoms with Crippen LogP contribution in [0.4, 0.5) is 0 Å². The molecule has 0 saturated heterocycles. The summed E-state index contributed by atoms with van der Waals surface area (Å²) in [6.45, 7) is 4.67. The molecule has 0 saturated carbocycles. The Morgan fingerprint density at radius 2 is 2.29 bits per heavy atom. The molecular formula is C16H19NO4. The van der Waals surface area contributed by atoms with Gasteiger partial charge in [-0.3, -0.25) is 9.78 Å². The van der Waals surface area contributed by atoms with Gasteiger partial charge in [-0.2, -0.15) is 0 Å². The van der Waals surface area contributed by atoms with Crippen molar-refractivity contribution in [3.05, 3.63) is 30.1 Å². The van der Waals surface area contributed by atoms with E-state index in [1.807, 2.05) is 26.0 Å². The van der Waals surface area contributed by atoms with E-state index in [1.165, 1.54) is 0 Å². The summed E-state index contributed by atoms with van der Waals surface area (Å²) in [5.74, 6) is 0.235. The highest BCUT2D eigenvalue weighted by Gasteiger charge is 2.42. The van der Waals surface area contributed by atoms with E-state index in [9.17, 15) is 4.79 Å². The number of ether oxygens (including phenoxy) is 3. The van der Waals surface area contributed by atoms with Crippen LogP contribution < -0.4 is 4.74 Å². The number of nitrogens with zero attached hydrogens (tertiary/aromatic N) is 1.